The molecule has 12 aliphatic rings. The largest absolute Gasteiger partial charge is 0.0767 e. The van der Waals surface area contributed by atoms with Gasteiger partial charge < -0.3 is 0 Å². The van der Waals surface area contributed by atoms with E-state index in [0.29, 0.717) is 40.9 Å². The number of benzene rings is 13. The highest BCUT2D eigenvalue weighted by atomic mass is 14.6. The molecule has 5 saturated carbocycles. The summed E-state index contributed by atoms with van der Waals surface area (Å²) in [6.45, 7) is 18.3. The quantitative estimate of drug-likeness (QED) is 0.149. The molecule has 0 nitrogen and oxygen atoms in total. The minimum Gasteiger partial charge on any atom is -0.0767 e. The molecule has 13 aromatic carbocycles. The van der Waals surface area contributed by atoms with Gasteiger partial charge in [0.1, 0.15) is 0 Å². The van der Waals surface area contributed by atoms with Crippen molar-refractivity contribution in [2.75, 3.05) is 0 Å². The predicted octanol–water partition coefficient (Wildman–Crippen LogP) is 32.3. The second-order valence-corrected chi connectivity index (χ2v) is 38.0. The van der Waals surface area contributed by atoms with Crippen LogP contribution in [0, 0.1) is 53.8 Å². The van der Waals surface area contributed by atoms with E-state index in [0.717, 1.165) is 53.8 Å². The number of allylic oxidation sites excluding steroid dienone is 2. The van der Waals surface area contributed by atoms with E-state index in [1.165, 1.54) is 173 Å². The third-order valence-electron chi connectivity index (χ3n) is 28.8. The van der Waals surface area contributed by atoms with Gasteiger partial charge in [0, 0.05) is 35.5 Å². The van der Waals surface area contributed by atoms with Crippen molar-refractivity contribution in [3.8, 4) is 55.6 Å². The summed E-state index contributed by atoms with van der Waals surface area (Å²) in [6, 6.07) is 115. The van der Waals surface area contributed by atoms with Crippen LogP contribution < -0.4 is 0 Å². The fourth-order valence-electron chi connectivity index (χ4n) is 23.8. The van der Waals surface area contributed by atoms with Crippen LogP contribution in [0.4, 0.5) is 0 Å². The van der Waals surface area contributed by atoms with Crippen molar-refractivity contribution in [3.05, 3.63) is 417 Å². The van der Waals surface area contributed by atoms with Gasteiger partial charge in [-0.2, -0.15) is 0 Å². The third kappa shape index (κ3) is 16.0. The van der Waals surface area contributed by atoms with Crippen molar-refractivity contribution < 1.29 is 0 Å². The molecule has 2 unspecified atom stereocenters. The SMILES string of the molecule is C1=CC(C2C3CC4CC(C3)CC2C4)c2ccccc21.CC(C)(C)CC1c2ccccc2-c2ccccc21.CC(C)CC1c2ccccc2-c2ccccc21.CC1c2ccccc2-c2ccccc21.Cc1cccc2c1C=CC2C.c1ccc(CC2c3ccccc3-c3ccccc32)cc1.c1ccc2c(c1)-c1ccccc1C2C1CCCCC1. The smallest absolute Gasteiger partial charge is 0.0142 e. The van der Waals surface area contributed by atoms with Crippen molar-refractivity contribution in [3.63, 3.8) is 0 Å². The predicted molar refractivity (Wildman–Crippen MR) is 502 cm³/mol. The van der Waals surface area contributed by atoms with E-state index < -0.39 is 0 Å². The Labute approximate surface area is 706 Å². The topological polar surface area (TPSA) is 0 Å². The van der Waals surface area contributed by atoms with E-state index in [-0.39, 0.29) is 0 Å². The zero-order valence-electron chi connectivity index (χ0n) is 71.1. The number of hydrogen-bond donors (Lipinski definition) is 0. The second-order valence-electron chi connectivity index (χ2n) is 38.0. The summed E-state index contributed by atoms with van der Waals surface area (Å²) < 4.78 is 0. The van der Waals surface area contributed by atoms with Gasteiger partial charge in [-0.1, -0.05) is 407 Å². The number of hydrogen-bond acceptors (Lipinski definition) is 0. The van der Waals surface area contributed by atoms with Crippen LogP contribution in [0.2, 0.25) is 0 Å². The first kappa shape index (κ1) is 78.5. The van der Waals surface area contributed by atoms with E-state index in [4.69, 9.17) is 0 Å². The maximum atomic E-state index is 2.53. The Hall–Kier alpha value is -10.7. The Morgan fingerprint density at radius 2 is 0.686 bits per heavy atom. The molecule has 0 heterocycles. The van der Waals surface area contributed by atoms with Crippen LogP contribution in [0.1, 0.15) is 256 Å². The zero-order valence-corrected chi connectivity index (χ0v) is 71.1. The van der Waals surface area contributed by atoms with Crippen molar-refractivity contribution in [2.24, 2.45) is 46.8 Å². The van der Waals surface area contributed by atoms with Crippen LogP contribution in [0.3, 0.4) is 0 Å². The molecule has 0 heteroatoms. The number of rotatable bonds is 7. The summed E-state index contributed by atoms with van der Waals surface area (Å²) >= 11 is 0. The first-order valence-electron chi connectivity index (χ1n) is 45.3. The van der Waals surface area contributed by atoms with Gasteiger partial charge >= 0.3 is 0 Å². The number of fused-ring (bicyclic) bond motifs is 17. The molecule has 25 rings (SSSR count). The van der Waals surface area contributed by atoms with Crippen molar-refractivity contribution >= 4 is 12.2 Å². The van der Waals surface area contributed by atoms with Gasteiger partial charge in [-0.05, 0) is 269 Å². The van der Waals surface area contributed by atoms with Crippen LogP contribution >= 0.6 is 0 Å². The maximum Gasteiger partial charge on any atom is 0.0142 e. The molecule has 592 valence electrons. The summed E-state index contributed by atoms with van der Waals surface area (Å²) in [5, 5.41) is 0. The lowest BCUT2D eigenvalue weighted by Gasteiger charge is -2.56. The molecule has 0 radical (unpaired) electrons. The van der Waals surface area contributed by atoms with Crippen LogP contribution in [-0.4, -0.2) is 0 Å². The van der Waals surface area contributed by atoms with Gasteiger partial charge in [0.2, 0.25) is 0 Å². The molecule has 2 atom stereocenters. The Morgan fingerprint density at radius 3 is 1.12 bits per heavy atom. The first-order valence-corrected chi connectivity index (χ1v) is 45.3. The van der Waals surface area contributed by atoms with E-state index >= 15 is 0 Å². The highest BCUT2D eigenvalue weighted by molar-refractivity contribution is 5.83. The molecule has 0 aliphatic heterocycles. The molecule has 0 saturated heterocycles. The van der Waals surface area contributed by atoms with Gasteiger partial charge in [-0.3, -0.25) is 0 Å². The normalized spacial score (nSPS) is 20.4. The molecular formula is C118H120. The number of aryl methyl sites for hydroxylation is 1. The molecule has 0 amide bonds. The van der Waals surface area contributed by atoms with E-state index in [1.807, 2.05) is 0 Å². The molecular weight excluding hydrogens is 1420 g/mol. The van der Waals surface area contributed by atoms with Crippen LogP contribution in [0.25, 0.3) is 67.8 Å². The van der Waals surface area contributed by atoms with Crippen LogP contribution in [0.15, 0.2) is 328 Å². The second kappa shape index (κ2) is 34.7. The minimum absolute atomic E-state index is 0.356. The molecule has 5 fully saturated rings. The van der Waals surface area contributed by atoms with Gasteiger partial charge in [-0.15, -0.1) is 0 Å². The minimum atomic E-state index is 0.356. The monoisotopic (exact) mass is 1540 g/mol. The maximum absolute atomic E-state index is 2.53. The Morgan fingerprint density at radius 1 is 0.322 bits per heavy atom. The molecule has 0 spiro atoms. The fraction of sp³-hybridized carbons (Fsp3) is 0.305. The average Bonchev–Trinajstić information content (AvgIpc) is 1.05. The zero-order chi connectivity index (χ0) is 80.4. The third-order valence-corrected chi connectivity index (χ3v) is 28.8. The first-order chi connectivity index (χ1) is 57.8. The Kier molecular flexibility index (Phi) is 23.1. The van der Waals surface area contributed by atoms with Crippen LogP contribution in [0.5, 0.6) is 0 Å². The van der Waals surface area contributed by atoms with Crippen LogP contribution in [-0.2, 0) is 6.42 Å². The summed E-state index contributed by atoms with van der Waals surface area (Å²) in [7, 11) is 0. The molecule has 13 aromatic rings. The van der Waals surface area contributed by atoms with Gasteiger partial charge in [0.15, 0.2) is 0 Å². The summed E-state index contributed by atoms with van der Waals surface area (Å²) in [5.74, 6) is 11.1. The van der Waals surface area contributed by atoms with Gasteiger partial charge in [0.05, 0.1) is 0 Å². The van der Waals surface area contributed by atoms with E-state index in [9.17, 15) is 0 Å². The fourth-order valence-corrected chi connectivity index (χ4v) is 23.8. The molecule has 4 bridgehead atoms. The Balaban J connectivity index is 0.0000000954. The van der Waals surface area contributed by atoms with Crippen molar-refractivity contribution in [1.29, 1.82) is 0 Å². The van der Waals surface area contributed by atoms with Crippen molar-refractivity contribution in [2.45, 2.75) is 180 Å². The van der Waals surface area contributed by atoms with E-state index in [2.05, 4.69) is 395 Å². The molecule has 12 aliphatic carbocycles. The summed E-state index contributed by atoms with van der Waals surface area (Å²) in [6.07, 6.45) is 27.8. The van der Waals surface area contributed by atoms with Crippen molar-refractivity contribution in [1.82, 2.24) is 0 Å². The lowest BCUT2D eigenvalue weighted by molar-refractivity contribution is -0.0417. The van der Waals surface area contributed by atoms with Gasteiger partial charge in [0.25, 0.3) is 0 Å². The lowest BCUT2D eigenvalue weighted by atomic mass is 9.49. The highest BCUT2D eigenvalue weighted by Crippen LogP contribution is 2.62. The summed E-state index contributed by atoms with van der Waals surface area (Å²) in [5.41, 5.74) is 38.6. The molecule has 0 aromatic heterocycles. The van der Waals surface area contributed by atoms with E-state index in [1.54, 1.807) is 48.8 Å². The summed E-state index contributed by atoms with van der Waals surface area (Å²) in [4.78, 5) is 0. The average molecular weight is 1540 g/mol. The van der Waals surface area contributed by atoms with Gasteiger partial charge in [-0.25, -0.2) is 0 Å². The molecule has 0 N–H and O–H groups in total. The Bertz CT molecular complexity index is 5480. The highest BCUT2D eigenvalue weighted by Gasteiger charge is 2.51. The standard InChI is InChI=1S/C20H16.C19H22.C19H20.C18H20.C17H18.C14H12.C11H12/c1-2-8-15(9-3-1)14-20-18-12-6-4-10-16(18)17-11-5-7-13-19(17)20;1-2-4-17-14(3-1)5-6-18(17)19-15-8-12-7-13(10-15)11-16(19)9-12;1-2-8-14(9-3-1)19-17-12-6-4-10-15(17)16-11-5-7-13-18(16)19;1-18(2,3)12-17-15-10-6-4-8-13(15)14-9-5-7-11-16(14)17;1-12(2)11-17-15-9-5-3-7-13(15)14-8-4-6-10-16(14)17;1-10-11-6-2-4-8-13(11)14-9-5-3-7-12(10)14;1-8-4-3-5-10-9(2)6-7-11(8)10/h1-13,20H,14H2;1-6,12-13,15-16,18-19H,7-11H2;4-7,10-14,19H,1-3,8-9H2;4-11,17H,12H2,1-3H3;3-10,12,17H,11H2,1-2H3;2-10H,1H3;3-7,9H,1-2H3. The lowest BCUT2D eigenvalue weighted by Crippen LogP contribution is -2.46. The molecule has 118 heavy (non-hydrogen) atoms.